The second-order valence-electron chi connectivity index (χ2n) is 5.46. The van der Waals surface area contributed by atoms with Gasteiger partial charge in [-0.15, -0.1) is 0 Å². The lowest BCUT2D eigenvalue weighted by Crippen LogP contribution is -2.08. The van der Waals surface area contributed by atoms with E-state index in [1.165, 1.54) is 11.1 Å². The molecule has 2 aromatic carbocycles. The maximum absolute atomic E-state index is 10.3. The predicted molar refractivity (Wildman–Crippen MR) is 85.2 cm³/mol. The number of benzene rings is 2. The van der Waals surface area contributed by atoms with E-state index >= 15 is 0 Å². The van der Waals surface area contributed by atoms with Crippen LogP contribution < -0.4 is 5.32 Å². The smallest absolute Gasteiger partial charge is 0.0809 e. The van der Waals surface area contributed by atoms with Crippen LogP contribution in [-0.4, -0.2) is 11.7 Å². The van der Waals surface area contributed by atoms with Gasteiger partial charge in [-0.3, -0.25) is 0 Å². The lowest BCUT2D eigenvalue weighted by atomic mass is 9.99. The summed E-state index contributed by atoms with van der Waals surface area (Å²) in [7, 11) is 0. The molecule has 0 saturated heterocycles. The molecule has 0 aliphatic carbocycles. The van der Waals surface area contributed by atoms with E-state index in [1.807, 2.05) is 12.1 Å². The van der Waals surface area contributed by atoms with Gasteiger partial charge in [0.2, 0.25) is 0 Å². The van der Waals surface area contributed by atoms with Gasteiger partial charge in [0.1, 0.15) is 0 Å². The highest BCUT2D eigenvalue weighted by molar-refractivity contribution is 5.45. The summed E-state index contributed by atoms with van der Waals surface area (Å²) < 4.78 is 0. The SMILES string of the molecule is Cc1cccc(NCCC(O)c2ccc(C)cc2C)c1. The molecule has 1 unspecified atom stereocenters. The number of rotatable bonds is 5. The standard InChI is InChI=1S/C18H23NO/c1-13-5-4-6-16(12-13)19-10-9-18(20)17-8-7-14(2)11-15(17)3/h4-8,11-12,18-20H,9-10H2,1-3H3. The molecule has 0 bridgehead atoms. The van der Waals surface area contributed by atoms with Gasteiger partial charge >= 0.3 is 0 Å². The van der Waals surface area contributed by atoms with Crippen LogP contribution in [0.2, 0.25) is 0 Å². The first-order valence-electron chi connectivity index (χ1n) is 7.12. The van der Waals surface area contributed by atoms with Crippen molar-refractivity contribution in [2.75, 3.05) is 11.9 Å². The van der Waals surface area contributed by atoms with Crippen molar-refractivity contribution >= 4 is 5.69 Å². The molecule has 20 heavy (non-hydrogen) atoms. The minimum atomic E-state index is -0.409. The van der Waals surface area contributed by atoms with Crippen LogP contribution in [0.3, 0.4) is 0 Å². The molecule has 106 valence electrons. The summed E-state index contributed by atoms with van der Waals surface area (Å²) in [6.45, 7) is 6.97. The van der Waals surface area contributed by atoms with Gasteiger partial charge in [0.15, 0.2) is 0 Å². The quantitative estimate of drug-likeness (QED) is 0.854. The fraction of sp³-hybridized carbons (Fsp3) is 0.333. The van der Waals surface area contributed by atoms with Gasteiger partial charge in [-0.05, 0) is 56.0 Å². The molecule has 2 rings (SSSR count). The second-order valence-corrected chi connectivity index (χ2v) is 5.46. The molecule has 0 aliphatic rings. The number of aryl methyl sites for hydroxylation is 3. The molecular weight excluding hydrogens is 246 g/mol. The van der Waals surface area contributed by atoms with Crippen LogP contribution >= 0.6 is 0 Å². The minimum Gasteiger partial charge on any atom is -0.388 e. The molecule has 0 heterocycles. The van der Waals surface area contributed by atoms with Crippen LogP contribution in [0.5, 0.6) is 0 Å². The summed E-state index contributed by atoms with van der Waals surface area (Å²) in [5, 5.41) is 13.6. The van der Waals surface area contributed by atoms with Crippen LogP contribution in [-0.2, 0) is 0 Å². The number of hydrogen-bond acceptors (Lipinski definition) is 2. The van der Waals surface area contributed by atoms with Gasteiger partial charge < -0.3 is 10.4 Å². The topological polar surface area (TPSA) is 32.3 Å². The molecule has 0 spiro atoms. The minimum absolute atomic E-state index is 0.409. The van der Waals surface area contributed by atoms with Crippen molar-refractivity contribution in [3.05, 3.63) is 64.7 Å². The third-order valence-electron chi connectivity index (χ3n) is 3.55. The molecule has 2 aromatic rings. The van der Waals surface area contributed by atoms with Crippen molar-refractivity contribution in [2.24, 2.45) is 0 Å². The van der Waals surface area contributed by atoms with Crippen LogP contribution in [0, 0.1) is 20.8 Å². The van der Waals surface area contributed by atoms with Crippen LogP contribution in [0.15, 0.2) is 42.5 Å². The van der Waals surface area contributed by atoms with E-state index in [0.717, 1.165) is 23.4 Å². The molecule has 0 radical (unpaired) electrons. The summed E-state index contributed by atoms with van der Waals surface area (Å²) in [5.41, 5.74) is 5.77. The molecule has 0 saturated carbocycles. The van der Waals surface area contributed by atoms with E-state index in [1.54, 1.807) is 0 Å². The van der Waals surface area contributed by atoms with Gasteiger partial charge in [-0.25, -0.2) is 0 Å². The number of aliphatic hydroxyl groups is 1. The fourth-order valence-electron chi connectivity index (χ4n) is 2.46. The van der Waals surface area contributed by atoms with E-state index < -0.39 is 6.10 Å². The average molecular weight is 269 g/mol. The van der Waals surface area contributed by atoms with Gasteiger partial charge in [0, 0.05) is 12.2 Å². The van der Waals surface area contributed by atoms with E-state index in [-0.39, 0.29) is 0 Å². The van der Waals surface area contributed by atoms with Gasteiger partial charge in [0.05, 0.1) is 6.10 Å². The molecule has 0 amide bonds. The Balaban J connectivity index is 1.90. The zero-order valence-corrected chi connectivity index (χ0v) is 12.5. The van der Waals surface area contributed by atoms with E-state index in [4.69, 9.17) is 0 Å². The molecule has 0 aromatic heterocycles. The maximum Gasteiger partial charge on any atom is 0.0809 e. The lowest BCUT2D eigenvalue weighted by Gasteiger charge is -2.15. The van der Waals surface area contributed by atoms with Gasteiger partial charge in [0.25, 0.3) is 0 Å². The Hall–Kier alpha value is -1.80. The number of anilines is 1. The van der Waals surface area contributed by atoms with Crippen molar-refractivity contribution in [1.29, 1.82) is 0 Å². The average Bonchev–Trinajstić information content (AvgIpc) is 2.38. The zero-order chi connectivity index (χ0) is 14.5. The first kappa shape index (κ1) is 14.6. The Morgan fingerprint density at radius 2 is 1.75 bits per heavy atom. The molecule has 2 N–H and O–H groups in total. The predicted octanol–water partition coefficient (Wildman–Crippen LogP) is 4.15. The van der Waals surface area contributed by atoms with Crippen LogP contribution in [0.4, 0.5) is 5.69 Å². The molecule has 2 heteroatoms. The summed E-state index contributed by atoms with van der Waals surface area (Å²) in [6, 6.07) is 14.5. The van der Waals surface area contributed by atoms with Crippen molar-refractivity contribution < 1.29 is 5.11 Å². The van der Waals surface area contributed by atoms with Gasteiger partial charge in [-0.1, -0.05) is 35.9 Å². The summed E-state index contributed by atoms with van der Waals surface area (Å²) >= 11 is 0. The Bertz CT molecular complexity index is 577. The van der Waals surface area contributed by atoms with Gasteiger partial charge in [-0.2, -0.15) is 0 Å². The van der Waals surface area contributed by atoms with Crippen LogP contribution in [0.1, 0.15) is 34.8 Å². The molecule has 0 aliphatic heterocycles. The summed E-state index contributed by atoms with van der Waals surface area (Å²) in [5.74, 6) is 0. The normalized spacial score (nSPS) is 12.2. The van der Waals surface area contributed by atoms with E-state index in [0.29, 0.717) is 6.42 Å². The first-order chi connectivity index (χ1) is 9.56. The Morgan fingerprint density at radius 1 is 1.00 bits per heavy atom. The molecule has 0 fully saturated rings. The zero-order valence-electron chi connectivity index (χ0n) is 12.5. The third kappa shape index (κ3) is 3.84. The molecule has 1 atom stereocenters. The Kier molecular flexibility index (Phi) is 4.80. The third-order valence-corrected chi connectivity index (χ3v) is 3.55. The molecule has 2 nitrogen and oxygen atoms in total. The van der Waals surface area contributed by atoms with Crippen molar-refractivity contribution in [2.45, 2.75) is 33.3 Å². The fourth-order valence-corrected chi connectivity index (χ4v) is 2.46. The maximum atomic E-state index is 10.3. The summed E-state index contributed by atoms with van der Waals surface area (Å²) in [6.07, 6.45) is 0.297. The molecular formula is C18H23NO. The summed E-state index contributed by atoms with van der Waals surface area (Å²) in [4.78, 5) is 0. The van der Waals surface area contributed by atoms with Crippen molar-refractivity contribution in [1.82, 2.24) is 0 Å². The number of hydrogen-bond donors (Lipinski definition) is 2. The van der Waals surface area contributed by atoms with Crippen molar-refractivity contribution in [3.8, 4) is 0 Å². The second kappa shape index (κ2) is 6.58. The van der Waals surface area contributed by atoms with E-state index in [2.05, 4.69) is 56.4 Å². The highest BCUT2D eigenvalue weighted by Gasteiger charge is 2.09. The lowest BCUT2D eigenvalue weighted by molar-refractivity contribution is 0.171. The highest BCUT2D eigenvalue weighted by atomic mass is 16.3. The first-order valence-corrected chi connectivity index (χ1v) is 7.12. The van der Waals surface area contributed by atoms with Crippen LogP contribution in [0.25, 0.3) is 0 Å². The highest BCUT2D eigenvalue weighted by Crippen LogP contribution is 2.21. The monoisotopic (exact) mass is 269 g/mol. The Morgan fingerprint density at radius 3 is 2.45 bits per heavy atom. The Labute approximate surface area is 121 Å². The van der Waals surface area contributed by atoms with E-state index in [9.17, 15) is 5.11 Å². The largest absolute Gasteiger partial charge is 0.388 e. The van der Waals surface area contributed by atoms with Crippen molar-refractivity contribution in [3.63, 3.8) is 0 Å². The number of nitrogens with one attached hydrogen (secondary N) is 1. The number of aliphatic hydroxyl groups excluding tert-OH is 1.